The van der Waals surface area contributed by atoms with E-state index in [1.165, 1.54) is 0 Å². The van der Waals surface area contributed by atoms with Gasteiger partial charge in [-0.2, -0.15) is 4.31 Å². The van der Waals surface area contributed by atoms with Crippen LogP contribution in [0, 0.1) is 11.6 Å². The summed E-state index contributed by atoms with van der Waals surface area (Å²) in [5.41, 5.74) is 5.71. The van der Waals surface area contributed by atoms with Gasteiger partial charge in [-0.1, -0.05) is 0 Å². The molecule has 0 spiro atoms. The highest BCUT2D eigenvalue weighted by molar-refractivity contribution is 9.10. The summed E-state index contributed by atoms with van der Waals surface area (Å²) in [5.74, 6) is -1.80. The summed E-state index contributed by atoms with van der Waals surface area (Å²) in [4.78, 5) is -0.651. The Labute approximate surface area is 118 Å². The molecule has 0 bridgehead atoms. The first-order chi connectivity index (χ1) is 8.82. The second-order valence-electron chi connectivity index (χ2n) is 4.46. The van der Waals surface area contributed by atoms with E-state index < -0.39 is 26.6 Å². The van der Waals surface area contributed by atoms with Crippen LogP contribution in [0.3, 0.4) is 0 Å². The summed E-state index contributed by atoms with van der Waals surface area (Å²) in [7, 11) is -4.05. The predicted molar refractivity (Wildman–Crippen MR) is 70.0 cm³/mol. The highest BCUT2D eigenvalue weighted by Gasteiger charge is 2.31. The molecule has 0 aromatic heterocycles. The summed E-state index contributed by atoms with van der Waals surface area (Å²) in [5, 5.41) is 0. The molecule has 8 heteroatoms. The average Bonchev–Trinajstić information content (AvgIpc) is 2.33. The first kappa shape index (κ1) is 14.8. The van der Waals surface area contributed by atoms with Gasteiger partial charge < -0.3 is 5.73 Å². The van der Waals surface area contributed by atoms with E-state index in [-0.39, 0.29) is 23.6 Å². The zero-order chi connectivity index (χ0) is 14.2. The van der Waals surface area contributed by atoms with Crippen LogP contribution >= 0.6 is 15.9 Å². The summed E-state index contributed by atoms with van der Waals surface area (Å²) in [6.07, 6.45) is 1.34. The molecule has 2 rings (SSSR count). The van der Waals surface area contributed by atoms with E-state index in [4.69, 9.17) is 5.73 Å². The molecule has 0 radical (unpaired) electrons. The van der Waals surface area contributed by atoms with E-state index in [1.807, 2.05) is 0 Å². The van der Waals surface area contributed by atoms with Gasteiger partial charge in [0, 0.05) is 19.1 Å². The molecule has 106 valence electrons. The van der Waals surface area contributed by atoms with Gasteiger partial charge in [-0.3, -0.25) is 0 Å². The van der Waals surface area contributed by atoms with Gasteiger partial charge in [-0.25, -0.2) is 17.2 Å². The molecular formula is C11H13BrF2N2O2S. The number of rotatable bonds is 2. The number of halogens is 3. The third-order valence-corrected chi connectivity index (χ3v) is 5.50. The molecule has 1 heterocycles. The number of benzene rings is 1. The molecule has 4 nitrogen and oxygen atoms in total. The molecule has 1 fully saturated rings. The molecule has 2 N–H and O–H groups in total. The van der Waals surface area contributed by atoms with Gasteiger partial charge >= 0.3 is 0 Å². The maximum atomic E-state index is 13.7. The Hall–Kier alpha value is -0.570. The number of nitrogens with zero attached hydrogens (tertiary/aromatic N) is 1. The monoisotopic (exact) mass is 354 g/mol. The molecule has 1 saturated heterocycles. The van der Waals surface area contributed by atoms with Gasteiger partial charge in [0.05, 0.1) is 4.47 Å². The Kier molecular flexibility index (Phi) is 4.24. The largest absolute Gasteiger partial charge is 0.327 e. The van der Waals surface area contributed by atoms with Crippen LogP contribution in [0.5, 0.6) is 0 Å². The third kappa shape index (κ3) is 2.96. The standard InChI is InChI=1S/C11H13BrF2N2O2S/c12-8-4-10(14)11(5-9(8)13)19(17,18)16-3-1-2-7(15)6-16/h4-5,7H,1-3,6,15H2. The first-order valence-corrected chi connectivity index (χ1v) is 7.96. The normalized spacial score (nSPS) is 21.6. The van der Waals surface area contributed by atoms with Crippen LogP contribution in [0.4, 0.5) is 8.78 Å². The molecule has 0 aliphatic carbocycles. The average molecular weight is 355 g/mol. The summed E-state index contributed by atoms with van der Waals surface area (Å²) >= 11 is 2.81. The van der Waals surface area contributed by atoms with Crippen molar-refractivity contribution in [3.8, 4) is 0 Å². The Bertz CT molecular complexity index is 595. The Balaban J connectivity index is 2.42. The van der Waals surface area contributed by atoms with E-state index in [9.17, 15) is 17.2 Å². The molecule has 19 heavy (non-hydrogen) atoms. The second-order valence-corrected chi connectivity index (χ2v) is 7.22. The number of hydrogen-bond acceptors (Lipinski definition) is 3. The number of sulfonamides is 1. The molecule has 1 aromatic carbocycles. The van der Waals surface area contributed by atoms with Crippen LogP contribution in [0.2, 0.25) is 0 Å². The predicted octanol–water partition coefficient (Wildman–Crippen LogP) is 1.84. The molecule has 0 amide bonds. The van der Waals surface area contributed by atoms with Crippen molar-refractivity contribution in [1.29, 1.82) is 0 Å². The molecule has 1 unspecified atom stereocenters. The van der Waals surface area contributed by atoms with Gasteiger partial charge in [0.15, 0.2) is 0 Å². The van der Waals surface area contributed by atoms with E-state index >= 15 is 0 Å². The van der Waals surface area contributed by atoms with Gasteiger partial charge in [0.2, 0.25) is 10.0 Å². The number of piperidine rings is 1. The highest BCUT2D eigenvalue weighted by atomic mass is 79.9. The van der Waals surface area contributed by atoms with Crippen molar-refractivity contribution in [2.75, 3.05) is 13.1 Å². The Morgan fingerprint density at radius 2 is 2.00 bits per heavy atom. The van der Waals surface area contributed by atoms with E-state index in [0.717, 1.165) is 16.8 Å². The lowest BCUT2D eigenvalue weighted by molar-refractivity contribution is 0.314. The van der Waals surface area contributed by atoms with Crippen LogP contribution in [0.1, 0.15) is 12.8 Å². The van der Waals surface area contributed by atoms with Crippen molar-refractivity contribution >= 4 is 26.0 Å². The van der Waals surface area contributed by atoms with Crippen molar-refractivity contribution in [3.63, 3.8) is 0 Å². The number of hydrogen-bond donors (Lipinski definition) is 1. The van der Waals surface area contributed by atoms with Crippen molar-refractivity contribution < 1.29 is 17.2 Å². The fraction of sp³-hybridized carbons (Fsp3) is 0.455. The summed E-state index contributed by atoms with van der Waals surface area (Å²) in [6, 6.07) is 1.23. The van der Waals surface area contributed by atoms with Crippen LogP contribution < -0.4 is 5.73 Å². The lowest BCUT2D eigenvalue weighted by Gasteiger charge is -2.29. The first-order valence-electron chi connectivity index (χ1n) is 5.72. The maximum Gasteiger partial charge on any atom is 0.246 e. The summed E-state index contributed by atoms with van der Waals surface area (Å²) in [6.45, 7) is 0.395. The van der Waals surface area contributed by atoms with Crippen LogP contribution in [0.25, 0.3) is 0 Å². The number of nitrogens with two attached hydrogens (primary N) is 1. The zero-order valence-electron chi connectivity index (χ0n) is 9.94. The molecule has 1 aromatic rings. The zero-order valence-corrected chi connectivity index (χ0v) is 12.3. The van der Waals surface area contributed by atoms with Crippen LogP contribution in [0.15, 0.2) is 21.5 Å². The van der Waals surface area contributed by atoms with Gasteiger partial charge in [0.25, 0.3) is 0 Å². The molecule has 1 aliphatic heterocycles. The molecule has 1 aliphatic rings. The topological polar surface area (TPSA) is 63.4 Å². The van der Waals surface area contributed by atoms with Crippen LogP contribution in [-0.4, -0.2) is 31.9 Å². The van der Waals surface area contributed by atoms with E-state index in [0.29, 0.717) is 12.5 Å². The van der Waals surface area contributed by atoms with Crippen molar-refractivity contribution in [2.45, 2.75) is 23.8 Å². The van der Waals surface area contributed by atoms with E-state index in [1.54, 1.807) is 0 Å². The Morgan fingerprint density at radius 1 is 1.32 bits per heavy atom. The summed E-state index contributed by atoms with van der Waals surface area (Å²) < 4.78 is 52.7. The second kappa shape index (κ2) is 5.43. The smallest absolute Gasteiger partial charge is 0.246 e. The quantitative estimate of drug-likeness (QED) is 0.824. The fourth-order valence-corrected chi connectivity index (χ4v) is 3.94. The SMILES string of the molecule is NC1CCCN(S(=O)(=O)c2cc(F)c(Br)cc2F)C1. The van der Waals surface area contributed by atoms with Crippen LogP contribution in [-0.2, 0) is 10.0 Å². The lowest BCUT2D eigenvalue weighted by Crippen LogP contribution is -2.45. The Morgan fingerprint density at radius 3 is 2.63 bits per heavy atom. The van der Waals surface area contributed by atoms with Crippen molar-refractivity contribution in [2.24, 2.45) is 5.73 Å². The van der Waals surface area contributed by atoms with Gasteiger partial charge in [-0.15, -0.1) is 0 Å². The third-order valence-electron chi connectivity index (χ3n) is 3.01. The molecular weight excluding hydrogens is 342 g/mol. The van der Waals surface area contributed by atoms with Gasteiger partial charge in [-0.05, 0) is 40.9 Å². The molecule has 0 saturated carbocycles. The minimum atomic E-state index is -4.05. The van der Waals surface area contributed by atoms with E-state index in [2.05, 4.69) is 15.9 Å². The highest BCUT2D eigenvalue weighted by Crippen LogP contribution is 2.27. The van der Waals surface area contributed by atoms with Crippen molar-refractivity contribution in [3.05, 3.63) is 28.2 Å². The lowest BCUT2D eigenvalue weighted by atomic mass is 10.1. The minimum absolute atomic E-state index is 0.112. The van der Waals surface area contributed by atoms with Crippen molar-refractivity contribution in [1.82, 2.24) is 4.31 Å². The fourth-order valence-electron chi connectivity index (χ4n) is 2.03. The molecule has 1 atom stereocenters. The van der Waals surface area contributed by atoms with Gasteiger partial charge in [0.1, 0.15) is 16.5 Å². The minimum Gasteiger partial charge on any atom is -0.327 e. The maximum absolute atomic E-state index is 13.7.